The summed E-state index contributed by atoms with van der Waals surface area (Å²) in [6.45, 7) is 2.44. The number of amides is 4. The second kappa shape index (κ2) is 10.6. The molecule has 0 bridgehead atoms. The summed E-state index contributed by atoms with van der Waals surface area (Å²) in [5.74, 6) is -0.693. The lowest BCUT2D eigenvalue weighted by Gasteiger charge is -2.21. The van der Waals surface area contributed by atoms with E-state index in [0.717, 1.165) is 4.90 Å². The highest BCUT2D eigenvalue weighted by Gasteiger charge is 2.46. The van der Waals surface area contributed by atoms with Crippen LogP contribution in [0.15, 0.2) is 72.8 Å². The fourth-order valence-electron chi connectivity index (χ4n) is 3.82. The minimum absolute atomic E-state index is 0.0376. The van der Waals surface area contributed by atoms with E-state index in [4.69, 9.17) is 16.3 Å². The highest BCUT2D eigenvalue weighted by Crippen LogP contribution is 2.29. The van der Waals surface area contributed by atoms with Crippen LogP contribution in [-0.4, -0.2) is 35.4 Å². The Balaban J connectivity index is 1.56. The fraction of sp³-hybridized carbons (Fsp3) is 0.192. The molecule has 0 radical (unpaired) electrons. The average molecular weight is 496 g/mol. The molecule has 7 nitrogen and oxygen atoms in total. The van der Waals surface area contributed by atoms with Crippen LogP contribution >= 0.6 is 11.6 Å². The number of nitrogens with zero attached hydrogens (tertiary/aromatic N) is 2. The molecule has 1 heterocycles. The van der Waals surface area contributed by atoms with Gasteiger partial charge in [0.05, 0.1) is 18.7 Å². The van der Waals surface area contributed by atoms with Crippen molar-refractivity contribution < 1.29 is 23.5 Å². The van der Waals surface area contributed by atoms with Crippen LogP contribution in [0.2, 0.25) is 5.02 Å². The van der Waals surface area contributed by atoms with E-state index in [9.17, 15) is 18.8 Å². The molecule has 35 heavy (non-hydrogen) atoms. The number of halogens is 2. The Morgan fingerprint density at radius 2 is 1.66 bits per heavy atom. The number of hydrogen-bond donors (Lipinski definition) is 1. The van der Waals surface area contributed by atoms with Crippen LogP contribution in [0.25, 0.3) is 0 Å². The Morgan fingerprint density at radius 3 is 2.29 bits per heavy atom. The molecular weight excluding hydrogens is 473 g/mol. The number of nitrogens with one attached hydrogen (secondary N) is 1. The number of carbonyl (C=O) groups is 3. The summed E-state index contributed by atoms with van der Waals surface area (Å²) in [5, 5.41) is 3.22. The van der Waals surface area contributed by atoms with E-state index >= 15 is 0 Å². The summed E-state index contributed by atoms with van der Waals surface area (Å²) in [6.07, 6.45) is -0.247. The molecule has 1 fully saturated rings. The van der Waals surface area contributed by atoms with Gasteiger partial charge in [-0.05, 0) is 73.2 Å². The van der Waals surface area contributed by atoms with Gasteiger partial charge in [-0.2, -0.15) is 0 Å². The molecule has 3 aromatic rings. The third-order valence-electron chi connectivity index (χ3n) is 5.50. The molecule has 1 N–H and O–H groups in total. The van der Waals surface area contributed by atoms with Crippen molar-refractivity contribution in [3.8, 4) is 5.75 Å². The van der Waals surface area contributed by atoms with Gasteiger partial charge in [-0.3, -0.25) is 9.59 Å². The van der Waals surface area contributed by atoms with Crippen LogP contribution in [0.5, 0.6) is 5.75 Å². The monoisotopic (exact) mass is 495 g/mol. The quantitative estimate of drug-likeness (QED) is 0.433. The van der Waals surface area contributed by atoms with Crippen molar-refractivity contribution in [2.75, 3.05) is 16.8 Å². The van der Waals surface area contributed by atoms with Crippen molar-refractivity contribution in [2.24, 2.45) is 0 Å². The molecule has 0 saturated carbocycles. The number of ether oxygens (including phenoxy) is 1. The smallest absolute Gasteiger partial charge is 0.332 e. The van der Waals surface area contributed by atoms with Gasteiger partial charge in [0.1, 0.15) is 17.6 Å². The zero-order valence-electron chi connectivity index (χ0n) is 18.9. The Hall–Kier alpha value is -3.91. The zero-order valence-corrected chi connectivity index (χ0v) is 19.7. The number of imide groups is 1. The first-order valence-corrected chi connectivity index (χ1v) is 11.4. The first-order valence-electron chi connectivity index (χ1n) is 11.0. The van der Waals surface area contributed by atoms with E-state index in [1.54, 1.807) is 48.5 Å². The molecule has 9 heteroatoms. The summed E-state index contributed by atoms with van der Waals surface area (Å²) < 4.78 is 18.8. The van der Waals surface area contributed by atoms with Crippen molar-refractivity contribution >= 4 is 40.8 Å². The molecule has 0 aliphatic carbocycles. The highest BCUT2D eigenvalue weighted by molar-refractivity contribution is 6.30. The molecule has 3 aromatic carbocycles. The fourth-order valence-corrected chi connectivity index (χ4v) is 3.94. The minimum atomic E-state index is -1.04. The highest BCUT2D eigenvalue weighted by atomic mass is 35.5. The Morgan fingerprint density at radius 1 is 1.00 bits per heavy atom. The summed E-state index contributed by atoms with van der Waals surface area (Å²) in [6, 6.07) is 17.2. The topological polar surface area (TPSA) is 79.0 Å². The Kier molecular flexibility index (Phi) is 7.31. The lowest BCUT2D eigenvalue weighted by molar-refractivity contribution is -0.124. The molecule has 0 aromatic heterocycles. The van der Waals surface area contributed by atoms with E-state index in [2.05, 4.69) is 5.32 Å². The molecule has 1 aliphatic rings. The van der Waals surface area contributed by atoms with Gasteiger partial charge in [0, 0.05) is 17.3 Å². The molecule has 1 aliphatic heterocycles. The van der Waals surface area contributed by atoms with E-state index in [1.807, 2.05) is 6.92 Å². The van der Waals surface area contributed by atoms with Crippen LogP contribution in [-0.2, 0) is 16.1 Å². The average Bonchev–Trinajstić information content (AvgIpc) is 3.06. The van der Waals surface area contributed by atoms with Gasteiger partial charge in [-0.1, -0.05) is 23.7 Å². The number of rotatable bonds is 8. The lowest BCUT2D eigenvalue weighted by atomic mass is 10.1. The predicted molar refractivity (Wildman–Crippen MR) is 131 cm³/mol. The summed E-state index contributed by atoms with van der Waals surface area (Å²) >= 11 is 5.95. The number of carbonyl (C=O) groups excluding carboxylic acids is 3. The molecular formula is C26H23ClFN3O4. The van der Waals surface area contributed by atoms with Crippen molar-refractivity contribution in [3.05, 3.63) is 89.2 Å². The van der Waals surface area contributed by atoms with Crippen LogP contribution in [0, 0.1) is 5.82 Å². The van der Waals surface area contributed by atoms with Gasteiger partial charge in [0.15, 0.2) is 0 Å². The second-order valence-corrected chi connectivity index (χ2v) is 8.35. The maximum atomic E-state index is 13.4. The first-order chi connectivity index (χ1) is 16.9. The first kappa shape index (κ1) is 24.2. The molecule has 1 saturated heterocycles. The summed E-state index contributed by atoms with van der Waals surface area (Å²) in [7, 11) is 0. The molecule has 180 valence electrons. The van der Waals surface area contributed by atoms with Gasteiger partial charge in [-0.25, -0.2) is 14.1 Å². The van der Waals surface area contributed by atoms with Crippen molar-refractivity contribution in [1.29, 1.82) is 0 Å². The molecule has 1 unspecified atom stereocenters. The van der Waals surface area contributed by atoms with Crippen LogP contribution < -0.4 is 15.0 Å². The SMILES string of the molecule is CCOc1ccc(NC(=O)CC2C(=O)N(c3ccc(Cl)cc3)C(=O)N2Cc2ccc(F)cc2)cc1. The zero-order chi connectivity index (χ0) is 24.9. The van der Waals surface area contributed by atoms with Crippen LogP contribution in [0.1, 0.15) is 18.9 Å². The van der Waals surface area contributed by atoms with Crippen LogP contribution in [0.4, 0.5) is 20.6 Å². The van der Waals surface area contributed by atoms with Gasteiger partial charge < -0.3 is 15.0 Å². The standard InChI is InChI=1S/C26H23ClFN3O4/c1-2-35-22-13-9-20(10-14-22)29-24(32)15-23-25(33)31(21-11-5-18(27)6-12-21)26(34)30(23)16-17-3-7-19(28)8-4-17/h3-14,23H,2,15-16H2,1H3,(H,29,32). The third-order valence-corrected chi connectivity index (χ3v) is 5.75. The third kappa shape index (κ3) is 5.60. The van der Waals surface area contributed by atoms with Gasteiger partial charge in [0.2, 0.25) is 5.91 Å². The van der Waals surface area contributed by atoms with Crippen LogP contribution in [0.3, 0.4) is 0 Å². The molecule has 4 rings (SSSR count). The number of benzene rings is 3. The maximum Gasteiger partial charge on any atom is 0.332 e. The molecule has 0 spiro atoms. The summed E-state index contributed by atoms with van der Waals surface area (Å²) in [4.78, 5) is 41.8. The van der Waals surface area contributed by atoms with Gasteiger partial charge in [0.25, 0.3) is 5.91 Å². The van der Waals surface area contributed by atoms with Gasteiger partial charge in [-0.15, -0.1) is 0 Å². The minimum Gasteiger partial charge on any atom is -0.494 e. The molecule has 4 amide bonds. The normalized spacial score (nSPS) is 15.5. The van der Waals surface area contributed by atoms with Crippen molar-refractivity contribution in [3.63, 3.8) is 0 Å². The van der Waals surface area contributed by atoms with Gasteiger partial charge >= 0.3 is 6.03 Å². The van der Waals surface area contributed by atoms with E-state index in [-0.39, 0.29) is 13.0 Å². The van der Waals surface area contributed by atoms with E-state index in [1.165, 1.54) is 29.2 Å². The maximum absolute atomic E-state index is 13.4. The molecule has 1 atom stereocenters. The van der Waals surface area contributed by atoms with Crippen molar-refractivity contribution in [1.82, 2.24) is 4.90 Å². The Bertz CT molecular complexity index is 1220. The number of urea groups is 1. The predicted octanol–water partition coefficient (Wildman–Crippen LogP) is 5.24. The van der Waals surface area contributed by atoms with E-state index in [0.29, 0.717) is 34.3 Å². The largest absolute Gasteiger partial charge is 0.494 e. The second-order valence-electron chi connectivity index (χ2n) is 7.91. The Labute approximate surface area is 207 Å². The number of anilines is 2. The lowest BCUT2D eigenvalue weighted by Crippen LogP contribution is -2.37. The number of hydrogen-bond acceptors (Lipinski definition) is 4. The van der Waals surface area contributed by atoms with E-state index < -0.39 is 29.7 Å². The summed E-state index contributed by atoms with van der Waals surface area (Å²) in [5.41, 5.74) is 1.51. The van der Waals surface area contributed by atoms with Crippen molar-refractivity contribution in [2.45, 2.75) is 25.9 Å².